The first kappa shape index (κ1) is 12.2. The van der Waals surface area contributed by atoms with Gasteiger partial charge in [0, 0.05) is 6.54 Å². The third-order valence-electron chi connectivity index (χ3n) is 4.92. The zero-order chi connectivity index (χ0) is 13.4. The van der Waals surface area contributed by atoms with Crippen molar-refractivity contribution in [1.29, 1.82) is 0 Å². The van der Waals surface area contributed by atoms with E-state index in [0.717, 1.165) is 25.4 Å². The molecular weight excluding hydrogens is 242 g/mol. The Balaban J connectivity index is 1.77. The Morgan fingerprint density at radius 2 is 1.90 bits per heavy atom. The highest BCUT2D eigenvalue weighted by atomic mass is 14.9. The first-order chi connectivity index (χ1) is 9.92. The maximum absolute atomic E-state index is 3.51. The summed E-state index contributed by atoms with van der Waals surface area (Å²) in [5, 5.41) is 3.51. The van der Waals surface area contributed by atoms with E-state index in [1.165, 1.54) is 47.1 Å². The summed E-state index contributed by atoms with van der Waals surface area (Å²) in [7, 11) is 0. The highest BCUT2D eigenvalue weighted by Gasteiger charge is 2.20. The maximum Gasteiger partial charge on any atom is 0.0214 e. The van der Waals surface area contributed by atoms with Gasteiger partial charge in [-0.05, 0) is 59.5 Å². The molecule has 20 heavy (non-hydrogen) atoms. The summed E-state index contributed by atoms with van der Waals surface area (Å²) in [5.41, 5.74) is 7.39. The zero-order valence-electron chi connectivity index (χ0n) is 11.9. The minimum absolute atomic E-state index is 0.813. The molecule has 1 N–H and O–H groups in total. The first-order valence-electron chi connectivity index (χ1n) is 7.83. The lowest BCUT2D eigenvalue weighted by atomic mass is 9.79. The molecule has 0 spiro atoms. The predicted octanol–water partition coefficient (Wildman–Crippen LogP) is 4.27. The quantitative estimate of drug-likeness (QED) is 0.853. The molecule has 1 saturated carbocycles. The molecule has 4 rings (SSSR count). The van der Waals surface area contributed by atoms with Gasteiger partial charge in [0.2, 0.25) is 0 Å². The summed E-state index contributed by atoms with van der Waals surface area (Å²) in [6.07, 6.45) is 5.31. The highest BCUT2D eigenvalue weighted by molar-refractivity contribution is 5.70. The van der Waals surface area contributed by atoms with Crippen LogP contribution in [0.15, 0.2) is 42.5 Å². The summed E-state index contributed by atoms with van der Waals surface area (Å²) >= 11 is 0. The Morgan fingerprint density at radius 3 is 2.75 bits per heavy atom. The summed E-state index contributed by atoms with van der Waals surface area (Å²) in [6, 6.07) is 16.0. The SMILES string of the molecule is c1cc(-c2cccc3c2CNCC3)cc(C2CCC2)c1. The van der Waals surface area contributed by atoms with Crippen molar-refractivity contribution in [1.82, 2.24) is 5.32 Å². The van der Waals surface area contributed by atoms with E-state index in [9.17, 15) is 0 Å². The van der Waals surface area contributed by atoms with Crippen molar-refractivity contribution in [2.24, 2.45) is 0 Å². The minimum Gasteiger partial charge on any atom is -0.312 e. The zero-order valence-corrected chi connectivity index (χ0v) is 11.9. The van der Waals surface area contributed by atoms with Gasteiger partial charge in [0.25, 0.3) is 0 Å². The summed E-state index contributed by atoms with van der Waals surface area (Å²) in [4.78, 5) is 0. The van der Waals surface area contributed by atoms with Crippen LogP contribution in [0.5, 0.6) is 0 Å². The fourth-order valence-corrected chi connectivity index (χ4v) is 3.49. The number of nitrogens with one attached hydrogen (secondary N) is 1. The Bertz CT molecular complexity index is 625. The van der Waals surface area contributed by atoms with Crippen LogP contribution in [-0.2, 0) is 13.0 Å². The lowest BCUT2D eigenvalue weighted by Gasteiger charge is -2.26. The third-order valence-corrected chi connectivity index (χ3v) is 4.92. The predicted molar refractivity (Wildman–Crippen MR) is 83.9 cm³/mol. The van der Waals surface area contributed by atoms with Crippen molar-refractivity contribution in [3.8, 4) is 11.1 Å². The second kappa shape index (κ2) is 5.06. The number of fused-ring (bicyclic) bond motifs is 1. The Morgan fingerprint density at radius 1 is 1.00 bits per heavy atom. The standard InChI is InChI=1S/C19H21N/c1-4-14(5-1)16-7-2-8-17(12-16)18-9-3-6-15-10-11-20-13-19(15)18/h2-3,6-9,12,14,20H,1,4-5,10-11,13H2. The molecule has 2 aliphatic rings. The van der Waals surface area contributed by atoms with Crippen molar-refractivity contribution < 1.29 is 0 Å². The minimum atomic E-state index is 0.813. The van der Waals surface area contributed by atoms with Crippen molar-refractivity contribution in [2.75, 3.05) is 6.54 Å². The van der Waals surface area contributed by atoms with E-state index >= 15 is 0 Å². The van der Waals surface area contributed by atoms with Crippen LogP contribution in [0, 0.1) is 0 Å². The van der Waals surface area contributed by atoms with Crippen LogP contribution in [-0.4, -0.2) is 6.54 Å². The van der Waals surface area contributed by atoms with Gasteiger partial charge in [-0.25, -0.2) is 0 Å². The van der Waals surface area contributed by atoms with Crippen LogP contribution in [0.4, 0.5) is 0 Å². The van der Waals surface area contributed by atoms with Crippen molar-refractivity contribution in [3.63, 3.8) is 0 Å². The average molecular weight is 263 g/mol. The van der Waals surface area contributed by atoms with Crippen LogP contribution in [0.1, 0.15) is 41.9 Å². The number of rotatable bonds is 2. The van der Waals surface area contributed by atoms with Crippen LogP contribution >= 0.6 is 0 Å². The van der Waals surface area contributed by atoms with Gasteiger partial charge < -0.3 is 5.32 Å². The molecular formula is C19H21N. The summed E-state index contributed by atoms with van der Waals surface area (Å²) in [5.74, 6) is 0.813. The number of benzene rings is 2. The van der Waals surface area contributed by atoms with E-state index < -0.39 is 0 Å². The van der Waals surface area contributed by atoms with Gasteiger partial charge in [-0.15, -0.1) is 0 Å². The number of hydrogen-bond donors (Lipinski definition) is 1. The topological polar surface area (TPSA) is 12.0 Å². The monoisotopic (exact) mass is 263 g/mol. The first-order valence-corrected chi connectivity index (χ1v) is 7.83. The molecule has 1 aliphatic carbocycles. The molecule has 1 fully saturated rings. The normalized spacial score (nSPS) is 18.4. The van der Waals surface area contributed by atoms with Gasteiger partial charge in [0.05, 0.1) is 0 Å². The number of hydrogen-bond acceptors (Lipinski definition) is 1. The lowest BCUT2D eigenvalue weighted by Crippen LogP contribution is -2.24. The molecule has 1 heteroatoms. The van der Waals surface area contributed by atoms with E-state index in [4.69, 9.17) is 0 Å². The lowest BCUT2D eigenvalue weighted by molar-refractivity contribution is 0.420. The molecule has 102 valence electrons. The fraction of sp³-hybridized carbons (Fsp3) is 0.368. The van der Waals surface area contributed by atoms with E-state index in [2.05, 4.69) is 47.8 Å². The Hall–Kier alpha value is -1.60. The molecule has 1 heterocycles. The Labute approximate surface area is 121 Å². The Kier molecular flexibility index (Phi) is 3.08. The van der Waals surface area contributed by atoms with Gasteiger partial charge in [-0.3, -0.25) is 0 Å². The van der Waals surface area contributed by atoms with Crippen molar-refractivity contribution in [2.45, 2.75) is 38.1 Å². The van der Waals surface area contributed by atoms with Gasteiger partial charge in [0.15, 0.2) is 0 Å². The second-order valence-electron chi connectivity index (χ2n) is 6.12. The smallest absolute Gasteiger partial charge is 0.0214 e. The van der Waals surface area contributed by atoms with Crippen molar-refractivity contribution >= 4 is 0 Å². The largest absolute Gasteiger partial charge is 0.312 e. The molecule has 0 bridgehead atoms. The molecule has 0 amide bonds. The molecule has 2 aromatic carbocycles. The molecule has 0 aromatic heterocycles. The molecule has 0 unspecified atom stereocenters. The molecule has 1 aliphatic heterocycles. The molecule has 0 radical (unpaired) electrons. The van der Waals surface area contributed by atoms with Gasteiger partial charge in [-0.1, -0.05) is 48.9 Å². The fourth-order valence-electron chi connectivity index (χ4n) is 3.49. The van der Waals surface area contributed by atoms with E-state index in [1.54, 1.807) is 0 Å². The summed E-state index contributed by atoms with van der Waals surface area (Å²) < 4.78 is 0. The van der Waals surface area contributed by atoms with E-state index in [-0.39, 0.29) is 0 Å². The highest BCUT2D eigenvalue weighted by Crippen LogP contribution is 2.38. The molecule has 1 nitrogen and oxygen atoms in total. The van der Waals surface area contributed by atoms with Crippen LogP contribution < -0.4 is 5.32 Å². The van der Waals surface area contributed by atoms with Gasteiger partial charge in [0.1, 0.15) is 0 Å². The molecule has 0 atom stereocenters. The second-order valence-corrected chi connectivity index (χ2v) is 6.12. The van der Waals surface area contributed by atoms with Crippen LogP contribution in [0.25, 0.3) is 11.1 Å². The molecule has 0 saturated heterocycles. The van der Waals surface area contributed by atoms with E-state index in [1.807, 2.05) is 0 Å². The third kappa shape index (κ3) is 2.06. The maximum atomic E-state index is 3.51. The van der Waals surface area contributed by atoms with Crippen LogP contribution in [0.2, 0.25) is 0 Å². The van der Waals surface area contributed by atoms with E-state index in [0.29, 0.717) is 0 Å². The summed E-state index contributed by atoms with van der Waals surface area (Å²) in [6.45, 7) is 2.12. The average Bonchev–Trinajstić information content (AvgIpc) is 2.45. The van der Waals surface area contributed by atoms with Crippen LogP contribution in [0.3, 0.4) is 0 Å². The molecule has 2 aromatic rings. The van der Waals surface area contributed by atoms with Gasteiger partial charge >= 0.3 is 0 Å². The van der Waals surface area contributed by atoms with Gasteiger partial charge in [-0.2, -0.15) is 0 Å². The van der Waals surface area contributed by atoms with Crippen molar-refractivity contribution in [3.05, 3.63) is 59.2 Å².